The summed E-state index contributed by atoms with van der Waals surface area (Å²) in [4.78, 5) is 43.7. The van der Waals surface area contributed by atoms with E-state index in [1.807, 2.05) is 55.5 Å². The number of ether oxygens (including phenoxy) is 2. The van der Waals surface area contributed by atoms with E-state index in [0.29, 0.717) is 78.5 Å². The molecule has 1 spiro atoms. The van der Waals surface area contributed by atoms with Crippen LogP contribution in [0.15, 0.2) is 84.5 Å². The quantitative estimate of drug-likeness (QED) is 0.0760. The number of carbonyl (C=O) groups excluding carboxylic acids is 3. The lowest BCUT2D eigenvalue weighted by atomic mass is 9.53. The highest BCUT2D eigenvalue weighted by Gasteiger charge is 2.59. The normalized spacial score (nSPS) is 32.3. The van der Waals surface area contributed by atoms with Crippen LogP contribution in [0.2, 0.25) is 0 Å². The Morgan fingerprint density at radius 2 is 1.76 bits per heavy atom. The molecule has 3 heterocycles. The van der Waals surface area contributed by atoms with Crippen LogP contribution in [-0.4, -0.2) is 73.7 Å². The molecule has 10 rings (SSSR count). The van der Waals surface area contributed by atoms with E-state index in [0.717, 1.165) is 30.4 Å². The summed E-state index contributed by atoms with van der Waals surface area (Å²) in [5.74, 6) is 2.96. The van der Waals surface area contributed by atoms with Crippen molar-refractivity contribution in [1.29, 1.82) is 0 Å². The Bertz CT molecular complexity index is 2700. The van der Waals surface area contributed by atoms with E-state index in [1.54, 1.807) is 19.1 Å². The highest BCUT2D eigenvalue weighted by molar-refractivity contribution is 5.89. The zero-order chi connectivity index (χ0) is 48.9. The van der Waals surface area contributed by atoms with Gasteiger partial charge in [0.25, 0.3) is 0 Å². The van der Waals surface area contributed by atoms with Crippen LogP contribution in [-0.2, 0) is 44.0 Å². The molecule has 7 aliphatic rings. The molecule has 10 bridgehead atoms. The van der Waals surface area contributed by atoms with Crippen LogP contribution < -0.4 is 10.1 Å². The lowest BCUT2D eigenvalue weighted by molar-refractivity contribution is -0.212. The lowest BCUT2D eigenvalue weighted by Gasteiger charge is -2.56. The number of aromatic hydroxyl groups is 1. The van der Waals surface area contributed by atoms with Gasteiger partial charge in [0.2, 0.25) is 0 Å². The number of phenols is 1. The molecule has 11 nitrogen and oxygen atoms in total. The molecule has 0 unspecified atom stereocenters. The van der Waals surface area contributed by atoms with E-state index in [-0.39, 0.29) is 85.4 Å². The Morgan fingerprint density at radius 3 is 2.51 bits per heavy atom. The number of hydrogen-bond acceptors (Lipinski definition) is 11. The van der Waals surface area contributed by atoms with Crippen molar-refractivity contribution < 1.29 is 49.4 Å². The van der Waals surface area contributed by atoms with Gasteiger partial charge in [-0.1, -0.05) is 92.7 Å². The van der Waals surface area contributed by atoms with Gasteiger partial charge < -0.3 is 40.3 Å². The molecule has 3 aromatic carbocycles. The summed E-state index contributed by atoms with van der Waals surface area (Å²) >= 11 is 0. The number of nitrogens with one attached hydrogen (secondary N) is 1. The fourth-order valence-electron chi connectivity index (χ4n) is 13.8. The number of hydrogen-bond donors (Lipinski definition) is 6. The van der Waals surface area contributed by atoms with Gasteiger partial charge in [-0.05, 0) is 128 Å². The van der Waals surface area contributed by atoms with Gasteiger partial charge in [-0.2, -0.15) is 0 Å². The number of carbonyl (C=O) groups is 3. The molecule has 0 radical (unpaired) electrons. The Morgan fingerprint density at radius 1 is 0.943 bits per heavy atom. The van der Waals surface area contributed by atoms with Crippen LogP contribution in [0.1, 0.15) is 148 Å². The van der Waals surface area contributed by atoms with Crippen LogP contribution in [0.4, 0.5) is 5.69 Å². The van der Waals surface area contributed by atoms with Crippen molar-refractivity contribution in [2.75, 3.05) is 11.9 Å². The second-order valence-electron chi connectivity index (χ2n) is 21.5. The van der Waals surface area contributed by atoms with Gasteiger partial charge in [-0.25, -0.2) is 4.79 Å². The van der Waals surface area contributed by atoms with Crippen molar-refractivity contribution in [3.8, 4) is 23.3 Å². The Balaban J connectivity index is 1.24. The molecule has 11 atom stereocenters. The average molecular weight is 950 g/mol. The van der Waals surface area contributed by atoms with Crippen molar-refractivity contribution in [3.63, 3.8) is 0 Å². The number of esters is 2. The number of ketones is 1. The standard InChI is InChI=1S/C59H67NO10/c1-3-43-16-17-46-48-25-35-10-9-13-44(23-35)58(20-7-8-21-58)51(64)29-42-26-38(40-22-36(33-61)24-45(27-40)60-32-34(2)62)14-15-39-31-53(65)70-56-47(39)28-41(55(66)54(56)37-11-5-4-6-12-37)30-52(69-57(42)67)59(43,68)49(46)18-19-50(48)63/h4-6,9-11,13,22-24,27-29,34,37-39,43,46,48-49,51-52,60-62,64,66,68H,3,7-8,12,16-21,25-26,30-33H2,1-2H3/b42-29-/t34-,37+,38-,39-,43-,46+,48+,49-,51+,52+,59-/m0/s1. The lowest BCUT2D eigenvalue weighted by Crippen LogP contribution is -2.63. The highest BCUT2D eigenvalue weighted by atomic mass is 16.6. The largest absolute Gasteiger partial charge is 0.507 e. The number of benzene rings is 3. The first-order valence-electron chi connectivity index (χ1n) is 25.8. The Kier molecular flexibility index (Phi) is 13.5. The van der Waals surface area contributed by atoms with Crippen molar-refractivity contribution in [2.45, 2.75) is 157 Å². The molecule has 3 saturated carbocycles. The maximum atomic E-state index is 15.7. The second-order valence-corrected chi connectivity index (χ2v) is 21.5. The van der Waals surface area contributed by atoms with Crippen LogP contribution in [0.25, 0.3) is 0 Å². The molecule has 6 N–H and O–H groups in total. The van der Waals surface area contributed by atoms with Gasteiger partial charge in [-0.15, -0.1) is 0 Å². The molecule has 0 amide bonds. The van der Waals surface area contributed by atoms with Crippen LogP contribution >= 0.6 is 0 Å². The number of aliphatic hydroxyl groups excluding tert-OH is 3. The van der Waals surface area contributed by atoms with Gasteiger partial charge >= 0.3 is 11.9 Å². The third-order valence-electron chi connectivity index (χ3n) is 17.3. The minimum absolute atomic E-state index is 0.0357. The Labute approximate surface area is 411 Å². The van der Waals surface area contributed by atoms with Crippen molar-refractivity contribution >= 4 is 23.4 Å². The summed E-state index contributed by atoms with van der Waals surface area (Å²) in [6.45, 7) is 3.66. The van der Waals surface area contributed by atoms with Gasteiger partial charge in [0.05, 0.1) is 31.2 Å². The van der Waals surface area contributed by atoms with E-state index in [1.165, 1.54) is 0 Å². The smallest absolute Gasteiger partial charge is 0.334 e. The molecule has 3 fully saturated rings. The molecule has 70 heavy (non-hydrogen) atoms. The maximum Gasteiger partial charge on any atom is 0.334 e. The van der Waals surface area contributed by atoms with E-state index in [9.17, 15) is 35.1 Å². The van der Waals surface area contributed by atoms with Crippen molar-refractivity contribution in [2.24, 2.45) is 23.7 Å². The van der Waals surface area contributed by atoms with Crippen LogP contribution in [0.3, 0.4) is 0 Å². The molecule has 11 heteroatoms. The molecular weight excluding hydrogens is 883 g/mol. The number of aliphatic hydroxyl groups is 4. The predicted molar refractivity (Wildman–Crippen MR) is 265 cm³/mol. The van der Waals surface area contributed by atoms with E-state index in [2.05, 4.69) is 35.4 Å². The topological polar surface area (TPSA) is 183 Å². The van der Waals surface area contributed by atoms with Gasteiger partial charge in [0, 0.05) is 64.9 Å². The fraction of sp³-hybridized carbons (Fsp3) is 0.508. The molecule has 368 valence electrons. The zero-order valence-corrected chi connectivity index (χ0v) is 40.4. The number of Topliss-reactive ketones (excluding diaryl/α,β-unsaturated/α-hetero) is 1. The molecule has 4 aliphatic carbocycles. The SMILES string of the molecule is CC[C@H]1CC[C@@H]2[C@H]3Cc4cccc(c4)C4(CCCC4)[C@H](O)/C=C4/C[C@@H](c5cc(CO)cc(NC[C@H](C)O)c5)C#C[C@H]5CC(=O)Oc6c5cc(c(O)c6[C@@H]5C=CC=CC5)C[C@@H](OC4=O)[C@@]1(O)[C@H]2CCC3=O. The molecule has 0 aromatic heterocycles. The third kappa shape index (κ3) is 8.84. The van der Waals surface area contributed by atoms with E-state index >= 15 is 4.79 Å². The monoisotopic (exact) mass is 949 g/mol. The van der Waals surface area contributed by atoms with Crippen LogP contribution in [0, 0.1) is 35.5 Å². The first-order chi connectivity index (χ1) is 33.8. The highest BCUT2D eigenvalue weighted by Crippen LogP contribution is 2.56. The number of allylic oxidation sites excluding steroid dienone is 4. The predicted octanol–water partition coefficient (Wildman–Crippen LogP) is 8.43. The van der Waals surface area contributed by atoms with Gasteiger partial charge in [0.15, 0.2) is 0 Å². The van der Waals surface area contributed by atoms with Gasteiger partial charge in [0.1, 0.15) is 29.0 Å². The summed E-state index contributed by atoms with van der Waals surface area (Å²) in [5, 5.41) is 63.5. The average Bonchev–Trinajstić information content (AvgIpc) is 3.87. The summed E-state index contributed by atoms with van der Waals surface area (Å²) in [5.41, 5.74) is 3.09. The van der Waals surface area contributed by atoms with E-state index < -0.39 is 59.0 Å². The summed E-state index contributed by atoms with van der Waals surface area (Å²) in [6, 6.07) is 15.6. The minimum Gasteiger partial charge on any atom is -0.507 e. The molecule has 3 aromatic rings. The number of rotatable bonds is 7. The minimum atomic E-state index is -1.64. The summed E-state index contributed by atoms with van der Waals surface area (Å²) in [7, 11) is 0. The number of anilines is 1. The first-order valence-corrected chi connectivity index (χ1v) is 25.8. The fourth-order valence-corrected chi connectivity index (χ4v) is 13.8. The zero-order valence-electron chi connectivity index (χ0n) is 40.4. The summed E-state index contributed by atoms with van der Waals surface area (Å²) in [6.07, 6.45) is 13.0. The van der Waals surface area contributed by atoms with Crippen molar-refractivity contribution in [3.05, 3.63) is 123 Å². The molecule has 3 aliphatic heterocycles. The second kappa shape index (κ2) is 19.6. The Hall–Kier alpha value is -5.51. The maximum absolute atomic E-state index is 15.7. The van der Waals surface area contributed by atoms with E-state index in [4.69, 9.17) is 9.47 Å². The number of fused-ring (bicyclic) bond motifs is 8. The van der Waals surface area contributed by atoms with Gasteiger partial charge in [-0.3, -0.25) is 9.59 Å². The van der Waals surface area contributed by atoms with Crippen LogP contribution in [0.5, 0.6) is 11.5 Å². The van der Waals surface area contributed by atoms with Crippen molar-refractivity contribution in [1.82, 2.24) is 0 Å². The number of phenolic OH excluding ortho intramolecular Hbond substituents is 1. The summed E-state index contributed by atoms with van der Waals surface area (Å²) < 4.78 is 13.1. The third-order valence-corrected chi connectivity index (χ3v) is 17.3. The first kappa shape index (κ1) is 48.1. The molecule has 0 saturated heterocycles. The molecular formula is C59H67NO10.